The van der Waals surface area contributed by atoms with Gasteiger partial charge < -0.3 is 20.1 Å². The number of nitrogens with one attached hydrogen (secondary N) is 2. The third kappa shape index (κ3) is 6.11. The van der Waals surface area contributed by atoms with Crippen LogP contribution in [0.5, 0.6) is 11.5 Å². The highest BCUT2D eigenvalue weighted by molar-refractivity contribution is 5.95. The predicted octanol–water partition coefficient (Wildman–Crippen LogP) is 2.70. The van der Waals surface area contributed by atoms with Gasteiger partial charge in [0.1, 0.15) is 0 Å². The van der Waals surface area contributed by atoms with Crippen LogP contribution in [0.3, 0.4) is 0 Å². The first-order valence-electron chi connectivity index (χ1n) is 9.30. The Kier molecular flexibility index (Phi) is 8.26. The smallest absolute Gasteiger partial charge is 0.243 e. The first-order chi connectivity index (χ1) is 14.7. The Morgan fingerprint density at radius 3 is 2.35 bits per heavy atom. The lowest BCUT2D eigenvalue weighted by atomic mass is 10.1. The average molecular weight is 439 g/mol. The normalized spacial score (nSPS) is 11.7. The molecule has 0 aliphatic heterocycles. The quantitative estimate of drug-likeness (QED) is 0.588. The third-order valence-corrected chi connectivity index (χ3v) is 4.65. The lowest BCUT2D eigenvalue weighted by molar-refractivity contribution is -0.127. The number of hydrogen-bond donors (Lipinski definition) is 2. The van der Waals surface area contributed by atoms with E-state index in [4.69, 9.17) is 9.47 Å². The molecule has 7 nitrogen and oxygen atoms in total. The number of methoxy groups -OCH3 is 2. The number of nitrogens with zero attached hydrogens (tertiary/aromatic N) is 1. The number of hydrogen-bond acceptors (Lipinski definition) is 5. The van der Waals surface area contributed by atoms with Gasteiger partial charge >= 0.3 is 0 Å². The third-order valence-electron chi connectivity index (χ3n) is 4.65. The summed E-state index contributed by atoms with van der Waals surface area (Å²) in [6.07, 6.45) is 0. The molecule has 0 saturated heterocycles. The maximum absolute atomic E-state index is 13.6. The molecule has 0 heterocycles. The fourth-order valence-corrected chi connectivity index (χ4v) is 2.74. The van der Waals surface area contributed by atoms with Gasteiger partial charge in [0.05, 0.1) is 32.5 Å². The molecule has 2 amide bonds. The van der Waals surface area contributed by atoms with Crippen molar-refractivity contribution in [2.75, 3.05) is 33.1 Å². The molecule has 0 radical (unpaired) electrons. The van der Waals surface area contributed by atoms with Crippen LogP contribution in [0.2, 0.25) is 0 Å². The second-order valence-electron chi connectivity index (χ2n) is 6.77. The van der Waals surface area contributed by atoms with Crippen molar-refractivity contribution in [3.63, 3.8) is 0 Å². The molecular weight excluding hydrogens is 415 g/mol. The fraction of sp³-hybridized carbons (Fsp3) is 0.333. The summed E-state index contributed by atoms with van der Waals surface area (Å²) in [6.45, 7) is 1.61. The standard InChI is InChI=1S/C21H24F3N3O4/c1-12(27(2)11-13-5-8-16(30-3)17(9-13)31-4)21(29)25-10-18(28)26-15-7-6-14(22)19(23)20(15)24/h5-9,12H,10-11H2,1-4H3,(H,25,29)(H,26,28)/t12-/m1/s1. The molecule has 2 aromatic carbocycles. The summed E-state index contributed by atoms with van der Waals surface area (Å²) in [7, 11) is 4.80. The zero-order chi connectivity index (χ0) is 23.1. The van der Waals surface area contributed by atoms with Gasteiger partial charge in [-0.1, -0.05) is 6.07 Å². The van der Waals surface area contributed by atoms with E-state index < -0.39 is 47.5 Å². The number of halogens is 3. The topological polar surface area (TPSA) is 79.9 Å². The van der Waals surface area contributed by atoms with Gasteiger partial charge in [0, 0.05) is 6.54 Å². The summed E-state index contributed by atoms with van der Waals surface area (Å²) in [5.74, 6) is -4.64. The van der Waals surface area contributed by atoms with E-state index in [9.17, 15) is 22.8 Å². The predicted molar refractivity (Wildman–Crippen MR) is 108 cm³/mol. The molecule has 0 unspecified atom stereocenters. The number of likely N-dealkylation sites (N-methyl/N-ethyl adjacent to an activating group) is 1. The Morgan fingerprint density at radius 1 is 1.03 bits per heavy atom. The van der Waals surface area contributed by atoms with Crippen molar-refractivity contribution >= 4 is 17.5 Å². The molecule has 2 aromatic rings. The van der Waals surface area contributed by atoms with Crippen molar-refractivity contribution in [1.82, 2.24) is 10.2 Å². The summed E-state index contributed by atoms with van der Waals surface area (Å²) in [6, 6.07) is 6.39. The largest absolute Gasteiger partial charge is 0.493 e. The van der Waals surface area contributed by atoms with Gasteiger partial charge in [0.15, 0.2) is 29.0 Å². The van der Waals surface area contributed by atoms with Crippen molar-refractivity contribution < 1.29 is 32.2 Å². The lowest BCUT2D eigenvalue weighted by Crippen LogP contribution is -2.45. The second-order valence-corrected chi connectivity index (χ2v) is 6.77. The van der Waals surface area contributed by atoms with Crippen molar-refractivity contribution in [2.45, 2.75) is 19.5 Å². The van der Waals surface area contributed by atoms with Crippen molar-refractivity contribution in [2.24, 2.45) is 0 Å². The van der Waals surface area contributed by atoms with Crippen LogP contribution >= 0.6 is 0 Å². The molecule has 10 heteroatoms. The number of carbonyl (C=O) groups excluding carboxylic acids is 2. The van der Waals surface area contributed by atoms with Crippen LogP contribution in [0.15, 0.2) is 30.3 Å². The summed E-state index contributed by atoms with van der Waals surface area (Å²) >= 11 is 0. The van der Waals surface area contributed by atoms with Crippen LogP contribution < -0.4 is 20.1 Å². The monoisotopic (exact) mass is 439 g/mol. The van der Waals surface area contributed by atoms with Crippen molar-refractivity contribution in [3.8, 4) is 11.5 Å². The van der Waals surface area contributed by atoms with Crippen LogP contribution in [0.1, 0.15) is 12.5 Å². The Hall–Kier alpha value is -3.27. The Morgan fingerprint density at radius 2 is 1.71 bits per heavy atom. The average Bonchev–Trinajstić information content (AvgIpc) is 2.77. The van der Waals surface area contributed by atoms with Gasteiger partial charge in [-0.3, -0.25) is 14.5 Å². The molecule has 0 saturated carbocycles. The highest BCUT2D eigenvalue weighted by atomic mass is 19.2. The molecular formula is C21H24F3N3O4. The van der Waals surface area contributed by atoms with E-state index in [0.29, 0.717) is 24.1 Å². The van der Waals surface area contributed by atoms with Gasteiger partial charge in [-0.15, -0.1) is 0 Å². The molecule has 2 rings (SSSR count). The molecule has 0 fully saturated rings. The summed E-state index contributed by atoms with van der Waals surface area (Å²) in [4.78, 5) is 26.0. The van der Waals surface area contributed by atoms with Crippen molar-refractivity contribution in [1.29, 1.82) is 0 Å². The number of ether oxygens (including phenoxy) is 2. The molecule has 0 aliphatic rings. The van der Waals surface area contributed by atoms with Gasteiger partial charge in [-0.2, -0.15) is 0 Å². The maximum atomic E-state index is 13.6. The van der Waals surface area contributed by atoms with E-state index >= 15 is 0 Å². The van der Waals surface area contributed by atoms with E-state index in [1.807, 2.05) is 6.07 Å². The molecule has 2 N–H and O–H groups in total. The molecule has 1 atom stereocenters. The van der Waals surface area contributed by atoms with E-state index in [0.717, 1.165) is 11.6 Å². The van der Waals surface area contributed by atoms with E-state index in [2.05, 4.69) is 10.6 Å². The highest BCUT2D eigenvalue weighted by Crippen LogP contribution is 2.28. The number of benzene rings is 2. The van der Waals surface area contributed by atoms with Crippen LogP contribution in [0, 0.1) is 17.5 Å². The number of rotatable bonds is 9. The first-order valence-corrected chi connectivity index (χ1v) is 9.30. The molecule has 0 spiro atoms. The van der Waals surface area contributed by atoms with Crippen molar-refractivity contribution in [3.05, 3.63) is 53.3 Å². The van der Waals surface area contributed by atoms with E-state index in [1.54, 1.807) is 31.0 Å². The van der Waals surface area contributed by atoms with E-state index in [1.165, 1.54) is 14.2 Å². The minimum absolute atomic E-state index is 0.418. The summed E-state index contributed by atoms with van der Waals surface area (Å²) in [5.41, 5.74) is 0.364. The minimum Gasteiger partial charge on any atom is -0.493 e. The maximum Gasteiger partial charge on any atom is 0.243 e. The van der Waals surface area contributed by atoms with Gasteiger partial charge in [-0.05, 0) is 43.8 Å². The number of anilines is 1. The first kappa shape index (κ1) is 24.0. The molecule has 31 heavy (non-hydrogen) atoms. The van der Waals surface area contributed by atoms with Crippen LogP contribution in [-0.4, -0.2) is 50.6 Å². The minimum atomic E-state index is -1.69. The lowest BCUT2D eigenvalue weighted by Gasteiger charge is -2.24. The molecule has 168 valence electrons. The summed E-state index contributed by atoms with van der Waals surface area (Å²) in [5, 5.41) is 4.52. The molecule has 0 aromatic heterocycles. The zero-order valence-corrected chi connectivity index (χ0v) is 17.6. The van der Waals surface area contributed by atoms with Gasteiger partial charge in [-0.25, -0.2) is 13.2 Å². The molecule has 0 bridgehead atoms. The Labute approximate surface area is 178 Å². The zero-order valence-electron chi connectivity index (χ0n) is 17.6. The van der Waals surface area contributed by atoms with Gasteiger partial charge in [0.25, 0.3) is 0 Å². The SMILES string of the molecule is COc1ccc(CN(C)[C@H](C)C(=O)NCC(=O)Nc2ccc(F)c(F)c2F)cc1OC. The van der Waals surface area contributed by atoms with Crippen LogP contribution in [-0.2, 0) is 16.1 Å². The fourth-order valence-electron chi connectivity index (χ4n) is 2.74. The second kappa shape index (κ2) is 10.7. The Bertz CT molecular complexity index is 956. The van der Waals surface area contributed by atoms with Crippen LogP contribution in [0.4, 0.5) is 18.9 Å². The number of carbonyl (C=O) groups is 2. The highest BCUT2D eigenvalue weighted by Gasteiger charge is 2.20. The van der Waals surface area contributed by atoms with Gasteiger partial charge in [0.2, 0.25) is 11.8 Å². The number of amides is 2. The molecule has 0 aliphatic carbocycles. The Balaban J connectivity index is 1.90. The van der Waals surface area contributed by atoms with Crippen LogP contribution in [0.25, 0.3) is 0 Å². The van der Waals surface area contributed by atoms with E-state index in [-0.39, 0.29) is 0 Å². The summed E-state index contributed by atoms with van der Waals surface area (Å²) < 4.78 is 50.3.